The van der Waals surface area contributed by atoms with E-state index in [1.165, 1.54) is 12.1 Å². The first-order valence-electron chi connectivity index (χ1n) is 12.4. The first-order chi connectivity index (χ1) is 17.8. The number of benzene rings is 1. The number of nitrogens with one attached hydrogen (secondary N) is 4. The minimum Gasteiger partial charge on any atom is -0.353 e. The van der Waals surface area contributed by atoms with Crippen LogP contribution in [0.25, 0.3) is 0 Å². The summed E-state index contributed by atoms with van der Waals surface area (Å²) in [6, 6.07) is 1.97. The third kappa shape index (κ3) is 5.79. The highest BCUT2D eigenvalue weighted by Gasteiger charge is 2.63. The van der Waals surface area contributed by atoms with Gasteiger partial charge in [0.15, 0.2) is 0 Å². The summed E-state index contributed by atoms with van der Waals surface area (Å²) in [6.07, 6.45) is -3.58. The summed E-state index contributed by atoms with van der Waals surface area (Å²) in [5, 5.41) is 9.99. The number of amides is 4. The van der Waals surface area contributed by atoms with Gasteiger partial charge in [-0.1, -0.05) is 18.0 Å². The van der Waals surface area contributed by atoms with Gasteiger partial charge in [0, 0.05) is 23.0 Å². The molecule has 1 aromatic carbocycles. The van der Waals surface area contributed by atoms with Crippen LogP contribution in [0, 0.1) is 11.3 Å². The highest BCUT2D eigenvalue weighted by molar-refractivity contribution is 6.38. The van der Waals surface area contributed by atoms with Gasteiger partial charge in [0.05, 0.1) is 17.3 Å². The Morgan fingerprint density at radius 1 is 1.18 bits per heavy atom. The van der Waals surface area contributed by atoms with E-state index in [2.05, 4.69) is 21.3 Å². The molecule has 9 nitrogen and oxygen atoms in total. The normalized spacial score (nSPS) is 23.0. The van der Waals surface area contributed by atoms with E-state index < -0.39 is 47.1 Å². The Kier molecular flexibility index (Phi) is 7.74. The minimum absolute atomic E-state index is 0.0562. The van der Waals surface area contributed by atoms with Crippen molar-refractivity contribution in [3.63, 3.8) is 0 Å². The molecule has 13 heteroatoms. The SMILES string of the molecule is C[C@@H]1C[C@@H](CC(NC(=O)c2cc(Cl)ccc2NC(=O)C2(C(F)(F)F)CCC2)C(=O)C(=O)NC2CC2)C(=O)N1. The summed E-state index contributed by atoms with van der Waals surface area (Å²) in [6.45, 7) is 1.78. The van der Waals surface area contributed by atoms with Crippen LogP contribution in [0.5, 0.6) is 0 Å². The number of rotatable bonds is 9. The van der Waals surface area contributed by atoms with Crippen molar-refractivity contribution in [1.29, 1.82) is 0 Å². The maximum atomic E-state index is 13.6. The fourth-order valence-corrected chi connectivity index (χ4v) is 4.95. The molecule has 1 aromatic rings. The average Bonchev–Trinajstić information content (AvgIpc) is 3.54. The Balaban J connectivity index is 1.56. The molecule has 4 amide bonds. The van der Waals surface area contributed by atoms with Crippen LogP contribution in [-0.4, -0.2) is 53.7 Å². The predicted octanol–water partition coefficient (Wildman–Crippen LogP) is 2.87. The molecule has 3 fully saturated rings. The number of halogens is 4. The zero-order valence-electron chi connectivity index (χ0n) is 20.5. The lowest BCUT2D eigenvalue weighted by molar-refractivity contribution is -0.240. The van der Waals surface area contributed by atoms with Crippen LogP contribution in [0.2, 0.25) is 5.02 Å². The standard InChI is InChI=1S/C25H28ClF3N4O5/c1-12-9-13(20(35)30-12)10-18(19(34)22(37)31-15-4-5-15)32-21(36)16-11-14(26)3-6-17(16)33-23(38)24(7-2-8-24)25(27,28)29/h3,6,11-13,15,18H,2,4-5,7-10H2,1H3,(H,30,35)(H,31,37)(H,32,36)(H,33,38)/t12-,13+,18?/m1/s1. The number of hydrogen-bond acceptors (Lipinski definition) is 5. The van der Waals surface area contributed by atoms with Crippen LogP contribution in [0.1, 0.15) is 62.2 Å². The van der Waals surface area contributed by atoms with E-state index in [-0.39, 0.29) is 59.9 Å². The Morgan fingerprint density at radius 2 is 1.87 bits per heavy atom. The maximum absolute atomic E-state index is 13.6. The van der Waals surface area contributed by atoms with E-state index >= 15 is 0 Å². The van der Waals surface area contributed by atoms with Crippen molar-refractivity contribution in [2.45, 2.75) is 76.2 Å². The molecule has 3 aliphatic rings. The number of ketones is 1. The van der Waals surface area contributed by atoms with Gasteiger partial charge in [-0.25, -0.2) is 0 Å². The largest absolute Gasteiger partial charge is 0.403 e. The molecule has 2 saturated carbocycles. The van der Waals surface area contributed by atoms with Crippen molar-refractivity contribution in [2.24, 2.45) is 11.3 Å². The zero-order valence-corrected chi connectivity index (χ0v) is 21.3. The lowest BCUT2D eigenvalue weighted by atomic mass is 9.67. The molecule has 0 radical (unpaired) electrons. The minimum atomic E-state index is -4.77. The second-order valence-corrected chi connectivity index (χ2v) is 10.7. The number of carbonyl (C=O) groups excluding carboxylic acids is 5. The van der Waals surface area contributed by atoms with Gasteiger partial charge in [-0.2, -0.15) is 13.2 Å². The molecular formula is C25H28ClF3N4O5. The molecule has 38 heavy (non-hydrogen) atoms. The number of Topliss-reactive ketones (excluding diaryl/α,β-unsaturated/α-hetero) is 1. The van der Waals surface area contributed by atoms with Crippen LogP contribution >= 0.6 is 11.6 Å². The highest BCUT2D eigenvalue weighted by atomic mass is 35.5. The molecular weight excluding hydrogens is 529 g/mol. The van der Waals surface area contributed by atoms with Crippen molar-refractivity contribution in [3.8, 4) is 0 Å². The monoisotopic (exact) mass is 556 g/mol. The maximum Gasteiger partial charge on any atom is 0.403 e. The van der Waals surface area contributed by atoms with Gasteiger partial charge < -0.3 is 21.3 Å². The van der Waals surface area contributed by atoms with E-state index in [9.17, 15) is 37.1 Å². The summed E-state index contributed by atoms with van der Waals surface area (Å²) in [7, 11) is 0. The predicted molar refractivity (Wildman–Crippen MR) is 130 cm³/mol. The van der Waals surface area contributed by atoms with Crippen molar-refractivity contribution in [1.82, 2.24) is 16.0 Å². The van der Waals surface area contributed by atoms with Crippen LogP contribution < -0.4 is 21.3 Å². The summed E-state index contributed by atoms with van der Waals surface area (Å²) in [5.41, 5.74) is -3.06. The van der Waals surface area contributed by atoms with E-state index in [0.29, 0.717) is 6.42 Å². The number of anilines is 1. The molecule has 206 valence electrons. The van der Waals surface area contributed by atoms with Gasteiger partial charge in [-0.3, -0.25) is 24.0 Å². The van der Waals surface area contributed by atoms with Crippen molar-refractivity contribution in [2.75, 3.05) is 5.32 Å². The Hall–Kier alpha value is -3.15. The molecule has 1 saturated heterocycles. The van der Waals surface area contributed by atoms with E-state index in [4.69, 9.17) is 11.6 Å². The third-order valence-electron chi connectivity index (χ3n) is 7.33. The molecule has 1 unspecified atom stereocenters. The molecule has 4 N–H and O–H groups in total. The van der Waals surface area contributed by atoms with Crippen LogP contribution in [0.15, 0.2) is 18.2 Å². The molecule has 4 rings (SSSR count). The van der Waals surface area contributed by atoms with Gasteiger partial charge in [-0.15, -0.1) is 0 Å². The first kappa shape index (κ1) is 27.9. The molecule has 0 spiro atoms. The number of carbonyl (C=O) groups is 5. The Bertz CT molecular complexity index is 1170. The quantitative estimate of drug-likeness (QED) is 0.347. The molecule has 1 heterocycles. The van der Waals surface area contributed by atoms with E-state index in [1.54, 1.807) is 6.92 Å². The zero-order chi connectivity index (χ0) is 27.8. The summed E-state index contributed by atoms with van der Waals surface area (Å²) in [5.74, 6) is -5.04. The van der Waals surface area contributed by atoms with E-state index in [1.807, 2.05) is 0 Å². The fourth-order valence-electron chi connectivity index (χ4n) is 4.78. The molecule has 0 bridgehead atoms. The van der Waals surface area contributed by atoms with Crippen LogP contribution in [-0.2, 0) is 19.2 Å². The van der Waals surface area contributed by atoms with E-state index in [0.717, 1.165) is 18.9 Å². The number of hydrogen-bond donors (Lipinski definition) is 4. The van der Waals surface area contributed by atoms with Crippen LogP contribution in [0.4, 0.5) is 18.9 Å². The van der Waals surface area contributed by atoms with Crippen LogP contribution in [0.3, 0.4) is 0 Å². The molecule has 2 aliphatic carbocycles. The average molecular weight is 557 g/mol. The van der Waals surface area contributed by atoms with Gasteiger partial charge in [0.1, 0.15) is 5.41 Å². The third-order valence-corrected chi connectivity index (χ3v) is 7.57. The fraction of sp³-hybridized carbons (Fsp3) is 0.560. The highest BCUT2D eigenvalue weighted by Crippen LogP contribution is 2.53. The number of alkyl halides is 3. The van der Waals surface area contributed by atoms with Gasteiger partial charge >= 0.3 is 6.18 Å². The Morgan fingerprint density at radius 3 is 2.39 bits per heavy atom. The summed E-state index contributed by atoms with van der Waals surface area (Å²) >= 11 is 6.03. The van der Waals surface area contributed by atoms with Crippen molar-refractivity contribution in [3.05, 3.63) is 28.8 Å². The molecule has 3 atom stereocenters. The molecule has 1 aliphatic heterocycles. The topological polar surface area (TPSA) is 133 Å². The second kappa shape index (κ2) is 10.5. The van der Waals surface area contributed by atoms with Crippen molar-refractivity contribution < 1.29 is 37.1 Å². The summed E-state index contributed by atoms with van der Waals surface area (Å²) < 4.78 is 40.9. The molecule has 0 aromatic heterocycles. The first-order valence-corrected chi connectivity index (χ1v) is 12.8. The van der Waals surface area contributed by atoms with Crippen molar-refractivity contribution >= 4 is 46.7 Å². The van der Waals surface area contributed by atoms with Gasteiger partial charge in [-0.05, 0) is 63.6 Å². The lowest BCUT2D eigenvalue weighted by Gasteiger charge is -2.41. The Labute approximate surface area is 221 Å². The smallest absolute Gasteiger partial charge is 0.353 e. The van der Waals surface area contributed by atoms with Gasteiger partial charge in [0.25, 0.3) is 11.8 Å². The summed E-state index contributed by atoms with van der Waals surface area (Å²) in [4.78, 5) is 63.8. The van der Waals surface area contributed by atoms with Gasteiger partial charge in [0.2, 0.25) is 17.6 Å². The second-order valence-electron chi connectivity index (χ2n) is 10.3. The lowest BCUT2D eigenvalue weighted by Crippen LogP contribution is -2.53.